The third-order valence-corrected chi connectivity index (χ3v) is 4.02. The molecule has 20 heavy (non-hydrogen) atoms. The van der Waals surface area contributed by atoms with E-state index in [1.165, 1.54) is 6.07 Å². The Bertz CT molecular complexity index is 581. The molecule has 2 aromatic carbocycles. The van der Waals surface area contributed by atoms with Gasteiger partial charge < -0.3 is 10.2 Å². The molecule has 0 aliphatic carbocycles. The normalized spacial score (nSPS) is 14.3. The molecule has 0 aliphatic rings. The Morgan fingerprint density at radius 1 is 1.10 bits per heavy atom. The quantitative estimate of drug-likeness (QED) is 0.838. The smallest absolute Gasteiger partial charge is 0.160 e. The van der Waals surface area contributed by atoms with Gasteiger partial charge in [-0.1, -0.05) is 56.3 Å². The van der Waals surface area contributed by atoms with E-state index in [1.807, 2.05) is 37.3 Å². The van der Waals surface area contributed by atoms with Crippen molar-refractivity contribution in [1.29, 1.82) is 0 Å². The third kappa shape index (κ3) is 2.60. The second kappa shape index (κ2) is 5.73. The number of aliphatic hydroxyl groups is 2. The monoisotopic (exact) mass is 274 g/mol. The van der Waals surface area contributed by atoms with Crippen molar-refractivity contribution in [2.75, 3.05) is 0 Å². The van der Waals surface area contributed by atoms with Gasteiger partial charge in [-0.25, -0.2) is 4.39 Å². The highest BCUT2D eigenvalue weighted by molar-refractivity contribution is 5.64. The van der Waals surface area contributed by atoms with Crippen LogP contribution in [-0.2, 0) is 5.41 Å². The predicted molar refractivity (Wildman–Crippen MR) is 77.7 cm³/mol. The molecular weight excluding hydrogens is 255 g/mol. The van der Waals surface area contributed by atoms with Crippen molar-refractivity contribution >= 4 is 0 Å². The van der Waals surface area contributed by atoms with Crippen molar-refractivity contribution in [1.82, 2.24) is 0 Å². The minimum Gasteiger partial charge on any atom is -0.367 e. The largest absolute Gasteiger partial charge is 0.367 e. The number of halogens is 1. The Hall–Kier alpha value is -1.71. The lowest BCUT2D eigenvalue weighted by Gasteiger charge is -2.31. The molecule has 0 bridgehead atoms. The van der Waals surface area contributed by atoms with Crippen LogP contribution in [0.2, 0.25) is 0 Å². The van der Waals surface area contributed by atoms with Crippen molar-refractivity contribution in [3.05, 3.63) is 59.9 Å². The van der Waals surface area contributed by atoms with E-state index in [-0.39, 0.29) is 5.82 Å². The zero-order chi connectivity index (χ0) is 14.8. The molecule has 2 nitrogen and oxygen atoms in total. The summed E-state index contributed by atoms with van der Waals surface area (Å²) >= 11 is 0. The summed E-state index contributed by atoms with van der Waals surface area (Å²) in [5.41, 5.74) is 1.04. The lowest BCUT2D eigenvalue weighted by molar-refractivity contribution is -0.0960. The SMILES string of the molecule is CCC(C)(c1ccc(-c2ccccc2)c(F)c1)C(O)O. The number of aliphatic hydroxyl groups excluding tert-OH is 1. The summed E-state index contributed by atoms with van der Waals surface area (Å²) in [5.74, 6) is -0.353. The van der Waals surface area contributed by atoms with Crippen LogP contribution in [0.3, 0.4) is 0 Å². The van der Waals surface area contributed by atoms with E-state index < -0.39 is 11.7 Å². The molecule has 0 spiro atoms. The van der Waals surface area contributed by atoms with Crippen LogP contribution in [-0.4, -0.2) is 16.5 Å². The molecule has 0 heterocycles. The van der Waals surface area contributed by atoms with E-state index in [1.54, 1.807) is 19.1 Å². The van der Waals surface area contributed by atoms with Crippen LogP contribution in [0.15, 0.2) is 48.5 Å². The first-order chi connectivity index (χ1) is 9.49. The van der Waals surface area contributed by atoms with Crippen LogP contribution >= 0.6 is 0 Å². The molecule has 1 atom stereocenters. The molecule has 0 fully saturated rings. The fourth-order valence-corrected chi connectivity index (χ4v) is 2.26. The highest BCUT2D eigenvalue weighted by atomic mass is 19.1. The van der Waals surface area contributed by atoms with E-state index in [9.17, 15) is 14.6 Å². The molecule has 0 aliphatic heterocycles. The maximum atomic E-state index is 14.3. The first-order valence-electron chi connectivity index (χ1n) is 6.70. The van der Waals surface area contributed by atoms with Crippen LogP contribution < -0.4 is 0 Å². The van der Waals surface area contributed by atoms with Crippen molar-refractivity contribution in [3.63, 3.8) is 0 Å². The van der Waals surface area contributed by atoms with Gasteiger partial charge in [-0.3, -0.25) is 0 Å². The van der Waals surface area contributed by atoms with E-state index >= 15 is 0 Å². The molecule has 0 radical (unpaired) electrons. The maximum Gasteiger partial charge on any atom is 0.160 e. The minimum atomic E-state index is -1.52. The fraction of sp³-hybridized carbons (Fsp3) is 0.294. The number of hydrogen-bond donors (Lipinski definition) is 2. The Morgan fingerprint density at radius 3 is 2.25 bits per heavy atom. The van der Waals surface area contributed by atoms with Gasteiger partial charge in [0.1, 0.15) is 5.82 Å². The zero-order valence-electron chi connectivity index (χ0n) is 11.7. The van der Waals surface area contributed by atoms with E-state index in [0.29, 0.717) is 17.5 Å². The van der Waals surface area contributed by atoms with Crippen LogP contribution in [0.5, 0.6) is 0 Å². The first kappa shape index (κ1) is 14.7. The summed E-state index contributed by atoms with van der Waals surface area (Å²) in [6.45, 7) is 3.57. The molecule has 2 aromatic rings. The van der Waals surface area contributed by atoms with Crippen molar-refractivity contribution < 1.29 is 14.6 Å². The molecule has 0 saturated heterocycles. The summed E-state index contributed by atoms with van der Waals surface area (Å²) in [7, 11) is 0. The molecule has 0 saturated carbocycles. The molecule has 106 valence electrons. The molecular formula is C17H19FO2. The van der Waals surface area contributed by atoms with Crippen molar-refractivity contribution in [2.45, 2.75) is 32.0 Å². The number of benzene rings is 2. The van der Waals surface area contributed by atoms with Gasteiger partial charge >= 0.3 is 0 Å². The average molecular weight is 274 g/mol. The van der Waals surface area contributed by atoms with Gasteiger partial charge in [0.2, 0.25) is 0 Å². The average Bonchev–Trinajstić information content (AvgIpc) is 2.47. The topological polar surface area (TPSA) is 40.5 Å². The van der Waals surface area contributed by atoms with E-state index in [0.717, 1.165) is 5.56 Å². The van der Waals surface area contributed by atoms with Gasteiger partial charge in [-0.05, 0) is 23.6 Å². The maximum absolute atomic E-state index is 14.3. The Labute approximate surface area is 118 Å². The van der Waals surface area contributed by atoms with E-state index in [2.05, 4.69) is 0 Å². The molecule has 1 unspecified atom stereocenters. The Morgan fingerprint density at radius 2 is 1.75 bits per heavy atom. The van der Waals surface area contributed by atoms with Gasteiger partial charge in [0.05, 0.1) is 0 Å². The van der Waals surface area contributed by atoms with Gasteiger partial charge in [0.25, 0.3) is 0 Å². The lowest BCUT2D eigenvalue weighted by atomic mass is 9.79. The summed E-state index contributed by atoms with van der Waals surface area (Å²) in [6.07, 6.45) is -1.01. The van der Waals surface area contributed by atoms with Gasteiger partial charge in [-0.15, -0.1) is 0 Å². The predicted octanol–water partition coefficient (Wildman–Crippen LogP) is 3.47. The summed E-state index contributed by atoms with van der Waals surface area (Å²) in [5, 5.41) is 19.1. The molecule has 2 N–H and O–H groups in total. The zero-order valence-corrected chi connectivity index (χ0v) is 11.7. The van der Waals surface area contributed by atoms with Gasteiger partial charge in [0, 0.05) is 11.0 Å². The first-order valence-corrected chi connectivity index (χ1v) is 6.70. The van der Waals surface area contributed by atoms with Crippen LogP contribution in [0.4, 0.5) is 4.39 Å². The highest BCUT2D eigenvalue weighted by Gasteiger charge is 2.32. The lowest BCUT2D eigenvalue weighted by Crippen LogP contribution is -2.35. The van der Waals surface area contributed by atoms with E-state index in [4.69, 9.17) is 0 Å². The minimum absolute atomic E-state index is 0.353. The molecule has 2 rings (SSSR count). The van der Waals surface area contributed by atoms with Crippen molar-refractivity contribution in [2.24, 2.45) is 0 Å². The van der Waals surface area contributed by atoms with Crippen LogP contribution in [0, 0.1) is 5.82 Å². The Balaban J connectivity index is 2.45. The third-order valence-electron chi connectivity index (χ3n) is 4.02. The highest BCUT2D eigenvalue weighted by Crippen LogP contribution is 2.33. The standard InChI is InChI=1S/C17H19FO2/c1-3-17(2,16(19)20)13-9-10-14(15(18)11-13)12-7-5-4-6-8-12/h4-11,16,19-20H,3H2,1-2H3. The second-order valence-electron chi connectivity index (χ2n) is 5.21. The second-order valence-corrected chi connectivity index (χ2v) is 5.21. The van der Waals surface area contributed by atoms with Crippen LogP contribution in [0.1, 0.15) is 25.8 Å². The Kier molecular flexibility index (Phi) is 4.21. The summed E-state index contributed by atoms with van der Waals surface area (Å²) < 4.78 is 14.3. The summed E-state index contributed by atoms with van der Waals surface area (Å²) in [4.78, 5) is 0. The number of hydrogen-bond acceptors (Lipinski definition) is 2. The van der Waals surface area contributed by atoms with Crippen LogP contribution in [0.25, 0.3) is 11.1 Å². The van der Waals surface area contributed by atoms with Gasteiger partial charge in [-0.2, -0.15) is 0 Å². The number of rotatable bonds is 4. The molecule has 0 aromatic heterocycles. The fourth-order valence-electron chi connectivity index (χ4n) is 2.26. The molecule has 3 heteroatoms. The summed E-state index contributed by atoms with van der Waals surface area (Å²) in [6, 6.07) is 14.1. The van der Waals surface area contributed by atoms with Gasteiger partial charge in [0.15, 0.2) is 6.29 Å². The molecule has 0 amide bonds. The van der Waals surface area contributed by atoms with Crippen molar-refractivity contribution in [3.8, 4) is 11.1 Å².